The molecule has 0 aliphatic rings. The highest BCUT2D eigenvalue weighted by atomic mass is 35.5. The van der Waals surface area contributed by atoms with Crippen molar-refractivity contribution in [2.75, 3.05) is 17.1 Å². The van der Waals surface area contributed by atoms with Crippen molar-refractivity contribution in [3.05, 3.63) is 58.1 Å². The number of methoxy groups -OCH3 is 1. The molecule has 0 aliphatic carbocycles. The van der Waals surface area contributed by atoms with Gasteiger partial charge in [0.25, 0.3) is 15.9 Å². The first-order chi connectivity index (χ1) is 15.3. The number of ether oxygens (including phenoxy) is 1. The van der Waals surface area contributed by atoms with Gasteiger partial charge < -0.3 is 4.74 Å². The Morgan fingerprint density at radius 3 is 2.56 bits per heavy atom. The predicted octanol–water partition coefficient (Wildman–Crippen LogP) is 4.99. The van der Waals surface area contributed by atoms with Crippen LogP contribution in [0.25, 0.3) is 0 Å². The van der Waals surface area contributed by atoms with Crippen molar-refractivity contribution >= 4 is 49.7 Å². The number of carbonyl (C=O) groups is 1. The molecule has 32 heavy (non-hydrogen) atoms. The number of carbonyl (C=O) groups excluding carboxylic acids is 1. The summed E-state index contributed by atoms with van der Waals surface area (Å²) < 4.78 is 33.2. The van der Waals surface area contributed by atoms with Crippen molar-refractivity contribution in [1.29, 1.82) is 0 Å². The fraction of sp³-hybridized carbons (Fsp3) is 0.286. The van der Waals surface area contributed by atoms with Crippen LogP contribution in [0.2, 0.25) is 5.02 Å². The molecule has 11 heteroatoms. The quantitative estimate of drug-likeness (QED) is 0.384. The molecule has 0 bridgehead atoms. The molecule has 0 radical (unpaired) electrons. The Hall–Kier alpha value is -2.69. The number of halogens is 1. The van der Waals surface area contributed by atoms with Gasteiger partial charge in [-0.15, -0.1) is 10.2 Å². The topological polar surface area (TPSA) is 110 Å². The van der Waals surface area contributed by atoms with Gasteiger partial charge in [0.05, 0.1) is 12.1 Å². The zero-order valence-corrected chi connectivity index (χ0v) is 20.0. The second-order valence-electron chi connectivity index (χ2n) is 6.89. The lowest BCUT2D eigenvalue weighted by Gasteiger charge is -2.11. The molecule has 0 spiro atoms. The Morgan fingerprint density at radius 2 is 1.88 bits per heavy atom. The van der Waals surface area contributed by atoms with Crippen LogP contribution in [-0.4, -0.2) is 31.6 Å². The lowest BCUT2D eigenvalue weighted by Crippen LogP contribution is -2.16. The third kappa shape index (κ3) is 6.18. The second-order valence-corrected chi connectivity index (χ2v) is 10.0. The van der Waals surface area contributed by atoms with Crippen molar-refractivity contribution < 1.29 is 17.9 Å². The summed E-state index contributed by atoms with van der Waals surface area (Å²) in [7, 11) is -2.51. The van der Waals surface area contributed by atoms with Gasteiger partial charge in [0.15, 0.2) is 0 Å². The molecule has 1 amide bonds. The minimum atomic E-state index is -4.03. The van der Waals surface area contributed by atoms with Crippen molar-refractivity contribution in [3.63, 3.8) is 0 Å². The molecule has 0 aliphatic heterocycles. The largest absolute Gasteiger partial charge is 0.497 e. The van der Waals surface area contributed by atoms with Gasteiger partial charge in [-0.1, -0.05) is 42.7 Å². The van der Waals surface area contributed by atoms with E-state index >= 15 is 0 Å². The normalized spacial score (nSPS) is 11.2. The average Bonchev–Trinajstić information content (AvgIpc) is 3.21. The molecule has 1 heterocycles. The van der Waals surface area contributed by atoms with Crippen LogP contribution in [0.4, 0.5) is 10.8 Å². The maximum absolute atomic E-state index is 12.9. The number of unbranched alkanes of at least 4 members (excludes halogenated alkanes) is 2. The minimum absolute atomic E-state index is 0.00307. The van der Waals surface area contributed by atoms with Crippen LogP contribution in [-0.2, 0) is 16.4 Å². The number of amides is 1. The SMILES string of the molecule is CCCCCc1nnc(NC(=O)c2ccc(Cl)c(S(=O)(=O)Nc3ccc(OC)cc3)c2)s1. The fourth-order valence-electron chi connectivity index (χ4n) is 2.82. The second kappa shape index (κ2) is 10.8. The van der Waals surface area contributed by atoms with Gasteiger partial charge in [-0.2, -0.15) is 0 Å². The minimum Gasteiger partial charge on any atom is -0.497 e. The van der Waals surface area contributed by atoms with Crippen LogP contribution in [0.15, 0.2) is 47.4 Å². The highest BCUT2D eigenvalue weighted by Gasteiger charge is 2.21. The Kier molecular flexibility index (Phi) is 8.05. The summed E-state index contributed by atoms with van der Waals surface area (Å²) in [6.07, 6.45) is 4.03. The van der Waals surface area contributed by atoms with E-state index in [9.17, 15) is 13.2 Å². The van der Waals surface area contributed by atoms with E-state index in [1.165, 1.54) is 36.6 Å². The molecule has 2 aromatic carbocycles. The van der Waals surface area contributed by atoms with Crippen LogP contribution >= 0.6 is 22.9 Å². The number of benzene rings is 2. The lowest BCUT2D eigenvalue weighted by atomic mass is 10.2. The first-order valence-electron chi connectivity index (χ1n) is 9.92. The van der Waals surface area contributed by atoms with Crippen LogP contribution in [0.1, 0.15) is 41.6 Å². The molecule has 0 atom stereocenters. The number of anilines is 2. The number of aromatic nitrogens is 2. The maximum atomic E-state index is 12.9. The van der Waals surface area contributed by atoms with E-state index in [4.69, 9.17) is 16.3 Å². The number of rotatable bonds is 10. The highest BCUT2D eigenvalue weighted by molar-refractivity contribution is 7.92. The summed E-state index contributed by atoms with van der Waals surface area (Å²) in [6.45, 7) is 2.12. The molecule has 1 aromatic heterocycles. The molecule has 2 N–H and O–H groups in total. The van der Waals surface area contributed by atoms with E-state index in [0.29, 0.717) is 16.6 Å². The summed E-state index contributed by atoms with van der Waals surface area (Å²) >= 11 is 7.44. The molecule has 8 nitrogen and oxygen atoms in total. The van der Waals surface area contributed by atoms with E-state index in [0.717, 1.165) is 30.7 Å². The number of nitrogens with zero attached hydrogens (tertiary/aromatic N) is 2. The predicted molar refractivity (Wildman–Crippen MR) is 126 cm³/mol. The molecule has 0 fully saturated rings. The first-order valence-corrected chi connectivity index (χ1v) is 12.6. The van der Waals surface area contributed by atoms with E-state index in [1.54, 1.807) is 24.3 Å². The van der Waals surface area contributed by atoms with Gasteiger partial charge in [0, 0.05) is 17.7 Å². The van der Waals surface area contributed by atoms with Gasteiger partial charge in [0.1, 0.15) is 15.7 Å². The Balaban J connectivity index is 1.74. The molecule has 170 valence electrons. The monoisotopic (exact) mass is 494 g/mol. The smallest absolute Gasteiger partial charge is 0.263 e. The first kappa shape index (κ1) is 24.0. The van der Waals surface area contributed by atoms with Crippen molar-refractivity contribution in [3.8, 4) is 5.75 Å². The van der Waals surface area contributed by atoms with Gasteiger partial charge >= 0.3 is 0 Å². The van der Waals surface area contributed by atoms with E-state index < -0.39 is 15.9 Å². The van der Waals surface area contributed by atoms with E-state index in [-0.39, 0.29) is 15.5 Å². The number of sulfonamides is 1. The average molecular weight is 495 g/mol. The number of hydrogen-bond donors (Lipinski definition) is 2. The molecule has 0 saturated heterocycles. The lowest BCUT2D eigenvalue weighted by molar-refractivity contribution is 0.102. The van der Waals surface area contributed by atoms with Crippen molar-refractivity contribution in [1.82, 2.24) is 10.2 Å². The van der Waals surface area contributed by atoms with Crippen LogP contribution < -0.4 is 14.8 Å². The highest BCUT2D eigenvalue weighted by Crippen LogP contribution is 2.27. The van der Waals surface area contributed by atoms with Gasteiger partial charge in [0.2, 0.25) is 5.13 Å². The molecule has 3 rings (SSSR count). The Bertz CT molecular complexity index is 1180. The summed E-state index contributed by atoms with van der Waals surface area (Å²) in [4.78, 5) is 12.5. The molecular weight excluding hydrogens is 472 g/mol. The van der Waals surface area contributed by atoms with Gasteiger partial charge in [-0.3, -0.25) is 14.8 Å². The number of hydrogen-bond acceptors (Lipinski definition) is 7. The standard InChI is InChI=1S/C21H23ClN4O4S2/c1-3-4-5-6-19-24-25-21(31-19)23-20(27)14-7-12-17(22)18(13-14)32(28,29)26-15-8-10-16(30-2)11-9-15/h7-13,26H,3-6H2,1-2H3,(H,23,25,27). The zero-order chi connectivity index (χ0) is 23.1. The summed E-state index contributed by atoms with van der Waals surface area (Å²) in [6, 6.07) is 10.4. The number of aryl methyl sites for hydroxylation is 1. The van der Waals surface area contributed by atoms with Gasteiger partial charge in [-0.05, 0) is 48.9 Å². The fourth-order valence-corrected chi connectivity index (χ4v) is 5.18. The molecule has 0 saturated carbocycles. The molecule has 3 aromatic rings. The Morgan fingerprint density at radius 1 is 1.12 bits per heavy atom. The van der Waals surface area contributed by atoms with Crippen molar-refractivity contribution in [2.24, 2.45) is 0 Å². The van der Waals surface area contributed by atoms with E-state index in [2.05, 4.69) is 27.2 Å². The summed E-state index contributed by atoms with van der Waals surface area (Å²) in [5.41, 5.74) is 0.466. The van der Waals surface area contributed by atoms with E-state index in [1.807, 2.05) is 0 Å². The maximum Gasteiger partial charge on any atom is 0.263 e. The van der Waals surface area contributed by atoms with Crippen LogP contribution in [0, 0.1) is 0 Å². The number of nitrogens with one attached hydrogen (secondary N) is 2. The summed E-state index contributed by atoms with van der Waals surface area (Å²) in [5, 5.41) is 11.9. The third-order valence-electron chi connectivity index (χ3n) is 4.51. The van der Waals surface area contributed by atoms with Crippen LogP contribution in [0.3, 0.4) is 0 Å². The molecular formula is C21H23ClN4O4S2. The van der Waals surface area contributed by atoms with Crippen LogP contribution in [0.5, 0.6) is 5.75 Å². The summed E-state index contributed by atoms with van der Waals surface area (Å²) in [5.74, 6) is 0.0914. The zero-order valence-electron chi connectivity index (χ0n) is 17.6. The molecule has 0 unspecified atom stereocenters. The third-order valence-corrected chi connectivity index (χ3v) is 7.27. The van der Waals surface area contributed by atoms with Crippen molar-refractivity contribution in [2.45, 2.75) is 37.5 Å². The Labute approximate surface area is 196 Å². The van der Waals surface area contributed by atoms with Gasteiger partial charge in [-0.25, -0.2) is 8.42 Å².